The van der Waals surface area contributed by atoms with Gasteiger partial charge in [-0.15, -0.1) is 5.10 Å². The third-order valence-corrected chi connectivity index (χ3v) is 7.08. The fourth-order valence-corrected chi connectivity index (χ4v) is 5.20. The van der Waals surface area contributed by atoms with Gasteiger partial charge < -0.3 is 14.8 Å². The number of aromatic nitrogens is 5. The molecule has 36 heavy (non-hydrogen) atoms. The smallest absolute Gasteiger partial charge is 0.273 e. The van der Waals surface area contributed by atoms with Crippen LogP contribution in [0.3, 0.4) is 0 Å². The Morgan fingerprint density at radius 3 is 2.92 bits per heavy atom. The minimum Gasteiger partial charge on any atom is -0.349 e. The number of carbonyl (C=O) groups excluding carboxylic acids is 4. The summed E-state index contributed by atoms with van der Waals surface area (Å²) >= 11 is 0. The maximum absolute atomic E-state index is 12.9. The molecule has 0 bridgehead atoms. The molecule has 3 aliphatic rings. The number of imidazole rings is 1. The van der Waals surface area contributed by atoms with Gasteiger partial charge in [-0.05, 0) is 43.0 Å². The van der Waals surface area contributed by atoms with E-state index in [1.54, 1.807) is 30.6 Å². The van der Waals surface area contributed by atoms with Crippen molar-refractivity contribution in [1.82, 2.24) is 40.1 Å². The van der Waals surface area contributed by atoms with E-state index in [0.29, 0.717) is 24.2 Å². The van der Waals surface area contributed by atoms with E-state index in [1.165, 1.54) is 9.58 Å². The minimum absolute atomic E-state index is 0.164. The average Bonchev–Trinajstić information content (AvgIpc) is 3.62. The molecule has 5 heterocycles. The molecule has 0 spiro atoms. The van der Waals surface area contributed by atoms with Gasteiger partial charge in [-0.25, -0.2) is 9.67 Å². The first-order valence-corrected chi connectivity index (χ1v) is 12.0. The summed E-state index contributed by atoms with van der Waals surface area (Å²) < 4.78 is 3.60. The molecule has 12 nitrogen and oxygen atoms in total. The van der Waals surface area contributed by atoms with Gasteiger partial charge >= 0.3 is 0 Å². The van der Waals surface area contributed by atoms with Gasteiger partial charge in [0.1, 0.15) is 11.9 Å². The molecule has 0 radical (unpaired) electrons. The quantitative estimate of drug-likeness (QED) is 0.499. The SMILES string of the molecule is O=C1CCC(N2Cc3cc(-n4cc(C(=O)NCC5CCCc6nccn65)nn4)ccc3C2=O)C(=O)N1. The third-order valence-electron chi connectivity index (χ3n) is 7.08. The fourth-order valence-electron chi connectivity index (χ4n) is 5.20. The molecule has 1 saturated heterocycles. The van der Waals surface area contributed by atoms with Crippen molar-refractivity contribution in [2.75, 3.05) is 6.54 Å². The Morgan fingerprint density at radius 1 is 1.17 bits per heavy atom. The number of rotatable bonds is 5. The summed E-state index contributed by atoms with van der Waals surface area (Å²) in [6, 6.07) is 4.71. The first-order chi connectivity index (χ1) is 17.5. The van der Waals surface area contributed by atoms with E-state index in [1.807, 2.05) is 6.20 Å². The lowest BCUT2D eigenvalue weighted by atomic mass is 10.0. The Labute approximate surface area is 205 Å². The molecule has 2 aromatic heterocycles. The van der Waals surface area contributed by atoms with Crippen molar-refractivity contribution >= 4 is 23.6 Å². The molecule has 12 heteroatoms. The van der Waals surface area contributed by atoms with Gasteiger partial charge in [-0.1, -0.05) is 5.21 Å². The summed E-state index contributed by atoms with van der Waals surface area (Å²) in [6.07, 6.45) is 8.75. The van der Waals surface area contributed by atoms with Crippen molar-refractivity contribution in [1.29, 1.82) is 0 Å². The second kappa shape index (κ2) is 8.70. The van der Waals surface area contributed by atoms with Crippen LogP contribution in [-0.2, 0) is 22.6 Å². The minimum atomic E-state index is -0.671. The van der Waals surface area contributed by atoms with E-state index < -0.39 is 11.9 Å². The maximum Gasteiger partial charge on any atom is 0.273 e. The first-order valence-electron chi connectivity index (χ1n) is 12.0. The molecule has 1 aromatic carbocycles. The van der Waals surface area contributed by atoms with Crippen LogP contribution < -0.4 is 10.6 Å². The number of benzene rings is 1. The molecular weight excluding hydrogens is 464 g/mol. The summed E-state index contributed by atoms with van der Waals surface area (Å²) in [5.74, 6) is -0.281. The van der Waals surface area contributed by atoms with E-state index in [-0.39, 0.29) is 42.4 Å². The van der Waals surface area contributed by atoms with E-state index >= 15 is 0 Å². The van der Waals surface area contributed by atoms with Crippen LogP contribution >= 0.6 is 0 Å². The second-order valence-electron chi connectivity index (χ2n) is 9.30. The number of fused-ring (bicyclic) bond motifs is 2. The van der Waals surface area contributed by atoms with Crippen molar-refractivity contribution in [2.45, 2.75) is 50.7 Å². The lowest BCUT2D eigenvalue weighted by molar-refractivity contribution is -0.136. The largest absolute Gasteiger partial charge is 0.349 e. The number of nitrogens with one attached hydrogen (secondary N) is 2. The Hall–Kier alpha value is -4.35. The Kier molecular flexibility index (Phi) is 5.35. The normalized spacial score (nSPS) is 21.2. The number of hydrogen-bond donors (Lipinski definition) is 2. The first kappa shape index (κ1) is 22.1. The zero-order chi connectivity index (χ0) is 24.8. The molecule has 1 fully saturated rings. The van der Waals surface area contributed by atoms with E-state index in [2.05, 4.69) is 30.5 Å². The van der Waals surface area contributed by atoms with Crippen LogP contribution in [0.25, 0.3) is 5.69 Å². The summed E-state index contributed by atoms with van der Waals surface area (Å²) in [7, 11) is 0. The summed E-state index contributed by atoms with van der Waals surface area (Å²) in [4.78, 5) is 55.2. The zero-order valence-electron chi connectivity index (χ0n) is 19.4. The van der Waals surface area contributed by atoms with E-state index in [0.717, 1.165) is 30.7 Å². The van der Waals surface area contributed by atoms with Crippen LogP contribution in [0.1, 0.15) is 64.0 Å². The molecule has 0 aliphatic carbocycles. The van der Waals surface area contributed by atoms with Crippen LogP contribution in [0.2, 0.25) is 0 Å². The summed E-state index contributed by atoms with van der Waals surface area (Å²) in [5, 5.41) is 13.4. The summed E-state index contributed by atoms with van der Waals surface area (Å²) in [5.41, 5.74) is 2.09. The highest BCUT2D eigenvalue weighted by Crippen LogP contribution is 2.29. The number of piperidine rings is 1. The molecule has 0 saturated carbocycles. The third kappa shape index (κ3) is 3.84. The second-order valence-corrected chi connectivity index (χ2v) is 9.30. The predicted octanol–water partition coefficient (Wildman–Crippen LogP) is 0.532. The molecule has 3 aliphatic heterocycles. The van der Waals surface area contributed by atoms with Crippen molar-refractivity contribution in [3.8, 4) is 5.69 Å². The zero-order valence-corrected chi connectivity index (χ0v) is 19.4. The van der Waals surface area contributed by atoms with Crippen LogP contribution in [-0.4, -0.2) is 65.7 Å². The Morgan fingerprint density at radius 2 is 2.06 bits per heavy atom. The van der Waals surface area contributed by atoms with Crippen molar-refractivity contribution < 1.29 is 19.2 Å². The van der Waals surface area contributed by atoms with Crippen LogP contribution in [0.5, 0.6) is 0 Å². The highest BCUT2D eigenvalue weighted by atomic mass is 16.2. The topological polar surface area (TPSA) is 144 Å². The fraction of sp³-hybridized carbons (Fsp3) is 0.375. The lowest BCUT2D eigenvalue weighted by Crippen LogP contribution is -2.52. The Balaban J connectivity index is 1.13. The van der Waals surface area contributed by atoms with Crippen molar-refractivity contribution in [2.24, 2.45) is 0 Å². The standard InChI is InChI=1S/C24H24N8O4/c33-21-7-6-19(23(35)27-21)31-12-14-10-15(4-5-17(14)24(31)36)32-13-18(28-29-32)22(34)26-11-16-2-1-3-20-25-8-9-30(16)20/h4-5,8-10,13,16,19H,1-3,6-7,11-12H2,(H,26,34)(H,27,33,35). The summed E-state index contributed by atoms with van der Waals surface area (Å²) in [6.45, 7) is 0.736. The molecule has 4 amide bonds. The van der Waals surface area contributed by atoms with Crippen molar-refractivity contribution in [3.05, 3.63) is 59.4 Å². The average molecular weight is 489 g/mol. The van der Waals surface area contributed by atoms with Gasteiger partial charge in [0.05, 0.1) is 17.9 Å². The number of amides is 4. The molecule has 184 valence electrons. The monoisotopic (exact) mass is 488 g/mol. The molecular formula is C24H24N8O4. The van der Waals surface area contributed by atoms with E-state index in [9.17, 15) is 19.2 Å². The van der Waals surface area contributed by atoms with Gasteiger partial charge in [0.15, 0.2) is 5.69 Å². The number of nitrogens with zero attached hydrogens (tertiary/aromatic N) is 6. The maximum atomic E-state index is 12.9. The molecule has 2 unspecified atom stereocenters. The number of carbonyl (C=O) groups is 4. The van der Waals surface area contributed by atoms with E-state index in [4.69, 9.17) is 0 Å². The highest BCUT2D eigenvalue weighted by Gasteiger charge is 2.39. The van der Waals surface area contributed by atoms with Gasteiger partial charge in [0.2, 0.25) is 11.8 Å². The van der Waals surface area contributed by atoms with Crippen LogP contribution in [0, 0.1) is 0 Å². The molecule has 2 atom stereocenters. The van der Waals surface area contributed by atoms with Gasteiger partial charge in [-0.2, -0.15) is 0 Å². The van der Waals surface area contributed by atoms with Crippen LogP contribution in [0.15, 0.2) is 36.8 Å². The number of hydrogen-bond acceptors (Lipinski definition) is 7. The predicted molar refractivity (Wildman–Crippen MR) is 124 cm³/mol. The highest BCUT2D eigenvalue weighted by molar-refractivity contribution is 6.05. The lowest BCUT2D eigenvalue weighted by Gasteiger charge is -2.29. The molecule has 6 rings (SSSR count). The molecule has 2 N–H and O–H groups in total. The van der Waals surface area contributed by atoms with Gasteiger partial charge in [0, 0.05) is 43.9 Å². The number of aryl methyl sites for hydroxylation is 1. The van der Waals surface area contributed by atoms with Gasteiger partial charge in [-0.3, -0.25) is 24.5 Å². The molecule has 3 aromatic rings. The van der Waals surface area contributed by atoms with Crippen molar-refractivity contribution in [3.63, 3.8) is 0 Å². The Bertz CT molecular complexity index is 1390. The van der Waals surface area contributed by atoms with Crippen LogP contribution in [0.4, 0.5) is 0 Å². The number of imide groups is 1. The van der Waals surface area contributed by atoms with Gasteiger partial charge in [0.25, 0.3) is 11.8 Å².